The van der Waals surface area contributed by atoms with Gasteiger partial charge in [0.05, 0.1) is 12.1 Å². The van der Waals surface area contributed by atoms with Crippen LogP contribution in [0, 0.1) is 11.6 Å². The maximum atomic E-state index is 14.1. The highest BCUT2D eigenvalue weighted by Gasteiger charge is 2.35. The summed E-state index contributed by atoms with van der Waals surface area (Å²) >= 11 is 5.80. The van der Waals surface area contributed by atoms with Crippen LogP contribution in [0.25, 0.3) is 0 Å². The second-order valence-electron chi connectivity index (χ2n) is 7.57. The van der Waals surface area contributed by atoms with Gasteiger partial charge in [-0.25, -0.2) is 13.6 Å². The molecular weight excluding hydrogens is 452 g/mol. The van der Waals surface area contributed by atoms with Crippen LogP contribution in [0.3, 0.4) is 0 Å². The van der Waals surface area contributed by atoms with E-state index in [-0.39, 0.29) is 36.4 Å². The maximum Gasteiger partial charge on any atom is 0.335 e. The van der Waals surface area contributed by atoms with E-state index in [1.165, 1.54) is 17.0 Å². The fraction of sp³-hybridized carbons (Fsp3) is 0.200. The lowest BCUT2D eigenvalue weighted by atomic mass is 9.86. The minimum absolute atomic E-state index is 0.0532. The Morgan fingerprint density at radius 3 is 2.24 bits per heavy atom. The third kappa shape index (κ3) is 5.74. The summed E-state index contributed by atoms with van der Waals surface area (Å²) in [6.45, 7) is -0.303. The zero-order valence-electron chi connectivity index (χ0n) is 17.5. The number of aryl methyl sites for hydroxylation is 1. The minimum atomic E-state index is -1.84. The van der Waals surface area contributed by atoms with Crippen LogP contribution in [-0.2, 0) is 16.8 Å². The molecule has 3 aromatic carbocycles. The Hall–Kier alpha value is -3.29. The number of carbonyl (C=O) groups is 2. The highest BCUT2D eigenvalue weighted by molar-refractivity contribution is 6.29. The Bertz CT molecular complexity index is 1140. The maximum absolute atomic E-state index is 14.1. The highest BCUT2D eigenvalue weighted by Crippen LogP contribution is 2.32. The Morgan fingerprint density at radius 1 is 0.939 bits per heavy atom. The molecule has 0 saturated carbocycles. The third-order valence-corrected chi connectivity index (χ3v) is 5.64. The molecule has 0 aliphatic rings. The number of amides is 1. The number of aliphatic hydroxyl groups is 1. The molecule has 0 fully saturated rings. The quantitative estimate of drug-likeness (QED) is 0.439. The number of hydrogen-bond acceptors (Lipinski definition) is 3. The van der Waals surface area contributed by atoms with Crippen LogP contribution in [-0.4, -0.2) is 34.5 Å². The summed E-state index contributed by atoms with van der Waals surface area (Å²) in [6, 6.07) is 17.9. The average molecular weight is 474 g/mol. The number of carboxylic acid groups (broad SMARTS) is 1. The van der Waals surface area contributed by atoms with Crippen molar-refractivity contribution in [1.82, 2.24) is 0 Å². The Labute approximate surface area is 194 Å². The summed E-state index contributed by atoms with van der Waals surface area (Å²) in [5, 5.41) is 21.1. The number of aromatic carboxylic acids is 1. The van der Waals surface area contributed by atoms with E-state index >= 15 is 0 Å². The number of anilines is 1. The SMILES string of the molecule is O=C(O)c1ccccc1CCC(O)(CN(C(=O)CCl)c1ccccc1)c1ccc(F)c(F)c1. The number of benzene rings is 3. The van der Waals surface area contributed by atoms with Crippen molar-refractivity contribution in [1.29, 1.82) is 0 Å². The lowest BCUT2D eigenvalue weighted by Crippen LogP contribution is -2.45. The smallest absolute Gasteiger partial charge is 0.335 e. The van der Waals surface area contributed by atoms with Crippen LogP contribution in [0.1, 0.15) is 27.9 Å². The number of carboxylic acids is 1. The molecule has 3 aromatic rings. The fourth-order valence-corrected chi connectivity index (χ4v) is 3.80. The molecule has 0 radical (unpaired) electrons. The lowest BCUT2D eigenvalue weighted by Gasteiger charge is -2.35. The second-order valence-corrected chi connectivity index (χ2v) is 7.84. The summed E-state index contributed by atoms with van der Waals surface area (Å²) in [5.41, 5.74) is -0.784. The first-order chi connectivity index (χ1) is 15.7. The van der Waals surface area contributed by atoms with Crippen LogP contribution in [0.4, 0.5) is 14.5 Å². The summed E-state index contributed by atoms with van der Waals surface area (Å²) in [6.07, 6.45) is 0.0386. The molecule has 0 bridgehead atoms. The zero-order valence-corrected chi connectivity index (χ0v) is 18.3. The fourth-order valence-electron chi connectivity index (χ4n) is 3.65. The van der Waals surface area contributed by atoms with Crippen molar-refractivity contribution in [2.24, 2.45) is 0 Å². The van der Waals surface area contributed by atoms with Gasteiger partial charge in [-0.15, -0.1) is 11.6 Å². The normalized spacial score (nSPS) is 12.7. The molecule has 0 saturated heterocycles. The molecule has 0 aliphatic carbocycles. The van der Waals surface area contributed by atoms with E-state index in [1.807, 2.05) is 0 Å². The van der Waals surface area contributed by atoms with Gasteiger partial charge >= 0.3 is 5.97 Å². The monoisotopic (exact) mass is 473 g/mol. The number of halogens is 3. The number of nitrogens with zero attached hydrogens (tertiary/aromatic N) is 1. The number of para-hydroxylation sites is 1. The topological polar surface area (TPSA) is 77.8 Å². The lowest BCUT2D eigenvalue weighted by molar-refractivity contribution is -0.117. The van der Waals surface area contributed by atoms with E-state index < -0.39 is 29.1 Å². The molecule has 33 heavy (non-hydrogen) atoms. The summed E-state index contributed by atoms with van der Waals surface area (Å²) in [7, 11) is 0. The molecule has 5 nitrogen and oxygen atoms in total. The van der Waals surface area contributed by atoms with Gasteiger partial charge in [0, 0.05) is 5.69 Å². The molecule has 8 heteroatoms. The second kappa shape index (κ2) is 10.6. The average Bonchev–Trinajstić information content (AvgIpc) is 2.83. The van der Waals surface area contributed by atoms with Crippen molar-refractivity contribution >= 4 is 29.2 Å². The van der Waals surface area contributed by atoms with E-state index in [0.29, 0.717) is 11.3 Å². The van der Waals surface area contributed by atoms with Crippen LogP contribution in [0.2, 0.25) is 0 Å². The van der Waals surface area contributed by atoms with Crippen LogP contribution in [0.5, 0.6) is 0 Å². The highest BCUT2D eigenvalue weighted by atomic mass is 35.5. The van der Waals surface area contributed by atoms with Gasteiger partial charge in [0.15, 0.2) is 11.6 Å². The van der Waals surface area contributed by atoms with E-state index in [1.54, 1.807) is 48.5 Å². The van der Waals surface area contributed by atoms with E-state index in [4.69, 9.17) is 11.6 Å². The summed E-state index contributed by atoms with van der Waals surface area (Å²) < 4.78 is 27.6. The Morgan fingerprint density at radius 2 is 1.61 bits per heavy atom. The van der Waals surface area contributed by atoms with Gasteiger partial charge in [-0.05, 0) is 54.3 Å². The molecule has 2 N–H and O–H groups in total. The van der Waals surface area contributed by atoms with E-state index in [0.717, 1.165) is 12.1 Å². The number of rotatable bonds is 9. The van der Waals surface area contributed by atoms with Crippen LogP contribution >= 0.6 is 11.6 Å². The Balaban J connectivity index is 2.02. The third-order valence-electron chi connectivity index (χ3n) is 5.42. The molecule has 172 valence electrons. The molecule has 1 amide bonds. The molecule has 3 rings (SSSR count). The van der Waals surface area contributed by atoms with Crippen molar-refractivity contribution in [3.05, 3.63) is 101 Å². The standard InChI is InChI=1S/C25H22ClF2NO4/c26-15-23(30)29(19-7-2-1-3-8-19)16-25(33,18-10-11-21(27)22(28)14-18)13-12-17-6-4-5-9-20(17)24(31)32/h1-11,14,33H,12-13,15-16H2,(H,31,32). The van der Waals surface area contributed by atoms with Crippen LogP contribution in [0.15, 0.2) is 72.8 Å². The van der Waals surface area contributed by atoms with E-state index in [2.05, 4.69) is 0 Å². The molecule has 0 spiro atoms. The molecule has 0 heterocycles. The van der Waals surface area contributed by atoms with Crippen LogP contribution < -0.4 is 4.90 Å². The predicted octanol–water partition coefficient (Wildman–Crippen LogP) is 4.76. The first-order valence-electron chi connectivity index (χ1n) is 10.2. The minimum Gasteiger partial charge on any atom is -0.478 e. The number of carbonyl (C=O) groups excluding carboxylic acids is 1. The van der Waals surface area contributed by atoms with Gasteiger partial charge in [-0.1, -0.05) is 42.5 Å². The van der Waals surface area contributed by atoms with Crippen molar-refractivity contribution in [3.8, 4) is 0 Å². The van der Waals surface area contributed by atoms with Gasteiger partial charge in [0.2, 0.25) is 5.91 Å². The zero-order chi connectivity index (χ0) is 24.0. The largest absolute Gasteiger partial charge is 0.478 e. The first-order valence-corrected chi connectivity index (χ1v) is 10.7. The molecular formula is C25H22ClF2NO4. The van der Waals surface area contributed by atoms with Crippen molar-refractivity contribution < 1.29 is 28.6 Å². The number of hydrogen-bond donors (Lipinski definition) is 2. The Kier molecular flexibility index (Phi) is 7.79. The summed E-state index contributed by atoms with van der Waals surface area (Å²) in [5.74, 6) is -4.19. The number of alkyl halides is 1. The van der Waals surface area contributed by atoms with Gasteiger partial charge in [-0.2, -0.15) is 0 Å². The molecule has 1 atom stereocenters. The van der Waals surface area contributed by atoms with Crippen molar-refractivity contribution in [2.45, 2.75) is 18.4 Å². The predicted molar refractivity (Wildman–Crippen MR) is 121 cm³/mol. The van der Waals surface area contributed by atoms with Gasteiger partial charge in [0.1, 0.15) is 11.5 Å². The molecule has 1 unspecified atom stereocenters. The molecule has 0 aliphatic heterocycles. The van der Waals surface area contributed by atoms with Gasteiger partial charge < -0.3 is 15.1 Å². The van der Waals surface area contributed by atoms with Gasteiger partial charge in [0.25, 0.3) is 0 Å². The molecule has 0 aromatic heterocycles. The van der Waals surface area contributed by atoms with Gasteiger partial charge in [-0.3, -0.25) is 4.79 Å². The van der Waals surface area contributed by atoms with E-state index in [9.17, 15) is 28.6 Å². The van der Waals surface area contributed by atoms with Crippen molar-refractivity contribution in [3.63, 3.8) is 0 Å². The summed E-state index contributed by atoms with van der Waals surface area (Å²) in [4.78, 5) is 25.5. The van der Waals surface area contributed by atoms with Crippen molar-refractivity contribution in [2.75, 3.05) is 17.3 Å². The first kappa shape index (κ1) is 24.4.